The Balaban J connectivity index is 1.56. The average Bonchev–Trinajstić information content (AvgIpc) is 3.26. The van der Waals surface area contributed by atoms with Gasteiger partial charge in [0, 0.05) is 29.6 Å². The van der Waals surface area contributed by atoms with Crippen molar-refractivity contribution in [2.24, 2.45) is 28.6 Å². The van der Waals surface area contributed by atoms with E-state index in [0.717, 1.165) is 5.57 Å². The maximum Gasteiger partial charge on any atom is 0.325 e. The van der Waals surface area contributed by atoms with E-state index in [9.17, 15) is 29.1 Å². The van der Waals surface area contributed by atoms with Crippen LogP contribution in [0.3, 0.4) is 0 Å². The summed E-state index contributed by atoms with van der Waals surface area (Å²) in [6.45, 7) is 3.61. The van der Waals surface area contributed by atoms with Crippen molar-refractivity contribution in [3.05, 3.63) is 23.8 Å². The van der Waals surface area contributed by atoms with Crippen LogP contribution in [-0.4, -0.2) is 109 Å². The van der Waals surface area contributed by atoms with Gasteiger partial charge in [-0.3, -0.25) is 54.5 Å². The van der Waals surface area contributed by atoms with Gasteiger partial charge in [0.05, 0.1) is 35.0 Å². The number of aliphatic hydroxyl groups is 1. The number of aliphatic hydroxyl groups excluding tert-OH is 1. The lowest BCUT2D eigenvalue weighted by Crippen LogP contribution is -2.69. The number of halogens is 1. The molecule has 0 aromatic carbocycles. The number of hydrogen-bond acceptors (Lipinski definition) is 16. The molecular weight excluding hydrogens is 686 g/mol. The number of alkyl halides is 1. The highest BCUT2D eigenvalue weighted by atomic mass is 35.5. The summed E-state index contributed by atoms with van der Waals surface area (Å²) in [7, 11) is 0. The molecular formula is C32H46ClN3O14. The molecule has 50 heavy (non-hydrogen) atoms. The fourth-order valence-corrected chi connectivity index (χ4v) is 9.46. The summed E-state index contributed by atoms with van der Waals surface area (Å²) in [5.74, 6) is -4.50. The SMILES string of the molecule is C[C@H]1CC2C3CCC4=CC(=O)C=C[C@]4(C)[C@@]3(Cl)[C@@H](O)C[C@]2(C)[C@@]1(OC(=O)CCCON(O)O)C(=O)COC(=O)CNC(=O)CCCON(O)O. The quantitative estimate of drug-likeness (QED) is 0.0575. The predicted octanol–water partition coefficient (Wildman–Crippen LogP) is 1.97. The number of esters is 2. The number of nitrogens with one attached hydrogen (secondary N) is 1. The van der Waals surface area contributed by atoms with Gasteiger partial charge in [0.1, 0.15) is 6.54 Å². The van der Waals surface area contributed by atoms with Crippen molar-refractivity contribution in [3.8, 4) is 0 Å². The molecule has 0 aromatic rings. The second kappa shape index (κ2) is 15.8. The van der Waals surface area contributed by atoms with Gasteiger partial charge in [-0.25, -0.2) is 0 Å². The standard InChI is InChI=1S/C32H46ClN3O14/c1-19-14-23-22-9-8-20-15-21(37)10-11-29(20,2)31(22,33)24(38)16-30(23,3)32(19,50-27(41)7-5-13-49-36(45)46)25(39)18-47-28(42)17-34-26(40)6-4-12-48-35(43)44/h10-11,15,19,22-24,38,43-46H,4-9,12-14,16-18H2,1-3H3,(H,34,40)/t19-,22?,23?,24-,29-,30-,31-,32-/m0/s1. The summed E-state index contributed by atoms with van der Waals surface area (Å²) in [5, 5.41) is 48.0. The molecule has 3 saturated carbocycles. The zero-order valence-corrected chi connectivity index (χ0v) is 29.0. The van der Waals surface area contributed by atoms with Crippen molar-refractivity contribution in [1.82, 2.24) is 16.1 Å². The first-order valence-electron chi connectivity index (χ1n) is 16.5. The summed E-state index contributed by atoms with van der Waals surface area (Å²) in [4.78, 5) is 72.3. The Morgan fingerprint density at radius 1 is 1.00 bits per heavy atom. The van der Waals surface area contributed by atoms with Gasteiger partial charge >= 0.3 is 11.9 Å². The van der Waals surface area contributed by atoms with Gasteiger partial charge < -0.3 is 19.9 Å². The second-order valence-corrected chi connectivity index (χ2v) is 14.5. The van der Waals surface area contributed by atoms with E-state index in [2.05, 4.69) is 15.0 Å². The largest absolute Gasteiger partial charge is 0.456 e. The molecule has 6 N–H and O–H groups in total. The molecule has 0 saturated heterocycles. The van der Waals surface area contributed by atoms with Crippen molar-refractivity contribution in [2.45, 2.75) is 88.7 Å². The number of carbonyl (C=O) groups is 5. The maximum absolute atomic E-state index is 14.4. The number of amides is 1. The maximum atomic E-state index is 14.4. The van der Waals surface area contributed by atoms with Crippen molar-refractivity contribution in [2.75, 3.05) is 26.4 Å². The lowest BCUT2D eigenvalue weighted by Gasteiger charge is -2.64. The van der Waals surface area contributed by atoms with E-state index in [-0.39, 0.29) is 62.9 Å². The number of carbonyl (C=O) groups excluding carboxylic acids is 5. The first kappa shape index (κ1) is 39.9. The van der Waals surface area contributed by atoms with E-state index in [1.165, 1.54) is 6.08 Å². The Bertz CT molecular complexity index is 1390. The second-order valence-electron chi connectivity index (χ2n) is 13.9. The Labute approximate surface area is 293 Å². The number of allylic oxidation sites excluding steroid dienone is 4. The number of ketones is 2. The van der Waals surface area contributed by atoms with Gasteiger partial charge in [-0.2, -0.15) is 0 Å². The summed E-state index contributed by atoms with van der Waals surface area (Å²) < 4.78 is 11.4. The van der Waals surface area contributed by atoms with Gasteiger partial charge in [-0.15, -0.1) is 11.6 Å². The van der Waals surface area contributed by atoms with E-state index >= 15 is 0 Å². The fourth-order valence-electron chi connectivity index (χ4n) is 8.93. The topological polar surface area (TPSA) is 242 Å². The van der Waals surface area contributed by atoms with Gasteiger partial charge in [0.25, 0.3) is 0 Å². The Morgan fingerprint density at radius 3 is 2.28 bits per heavy atom. The Hall–Kier alpha value is -2.84. The highest BCUT2D eigenvalue weighted by Gasteiger charge is 2.76. The molecule has 3 fully saturated rings. The molecule has 17 nitrogen and oxygen atoms in total. The van der Waals surface area contributed by atoms with Crippen molar-refractivity contribution >= 4 is 41.0 Å². The highest BCUT2D eigenvalue weighted by molar-refractivity contribution is 6.26. The molecule has 8 atom stereocenters. The lowest BCUT2D eigenvalue weighted by molar-refractivity contribution is -0.492. The molecule has 0 spiro atoms. The van der Waals surface area contributed by atoms with Crippen LogP contribution in [-0.2, 0) is 43.1 Å². The van der Waals surface area contributed by atoms with Gasteiger partial charge in [-0.1, -0.05) is 32.4 Å². The minimum atomic E-state index is -1.87. The minimum Gasteiger partial charge on any atom is -0.456 e. The van der Waals surface area contributed by atoms with Crippen LogP contribution in [0.2, 0.25) is 0 Å². The zero-order valence-electron chi connectivity index (χ0n) is 28.2. The van der Waals surface area contributed by atoms with E-state index in [0.29, 0.717) is 19.3 Å². The normalized spacial score (nSPS) is 34.5. The molecule has 0 aromatic heterocycles. The summed E-state index contributed by atoms with van der Waals surface area (Å²) in [5.41, 5.74) is -3.10. The molecule has 280 valence electrons. The zero-order chi connectivity index (χ0) is 37.1. The van der Waals surface area contributed by atoms with E-state index in [1.54, 1.807) is 26.0 Å². The van der Waals surface area contributed by atoms with Crippen molar-refractivity contribution in [1.29, 1.82) is 0 Å². The number of Topliss-reactive ketones (excluding diaryl/α,β-unsaturated/α-hetero) is 1. The van der Waals surface area contributed by atoms with Gasteiger partial charge in [-0.05, 0) is 62.5 Å². The van der Waals surface area contributed by atoms with Crippen LogP contribution >= 0.6 is 11.6 Å². The van der Waals surface area contributed by atoms with Crippen LogP contribution in [0.4, 0.5) is 0 Å². The van der Waals surface area contributed by atoms with Crippen LogP contribution < -0.4 is 5.32 Å². The number of rotatable bonds is 16. The van der Waals surface area contributed by atoms with Crippen LogP contribution in [0.25, 0.3) is 0 Å². The highest BCUT2D eigenvalue weighted by Crippen LogP contribution is 2.72. The molecule has 0 radical (unpaired) electrons. The fraction of sp³-hybridized carbons (Fsp3) is 0.719. The van der Waals surface area contributed by atoms with Crippen LogP contribution in [0.5, 0.6) is 0 Å². The third-order valence-electron chi connectivity index (χ3n) is 11.2. The molecule has 0 aliphatic heterocycles. The van der Waals surface area contributed by atoms with Crippen LogP contribution in [0, 0.1) is 28.6 Å². The van der Waals surface area contributed by atoms with Crippen molar-refractivity contribution in [3.63, 3.8) is 0 Å². The smallest absolute Gasteiger partial charge is 0.325 e. The van der Waals surface area contributed by atoms with E-state index < -0.39 is 80.9 Å². The Kier molecular flexibility index (Phi) is 12.6. The number of hydrogen-bond donors (Lipinski definition) is 6. The predicted molar refractivity (Wildman–Crippen MR) is 167 cm³/mol. The number of fused-ring (bicyclic) bond motifs is 5. The van der Waals surface area contributed by atoms with Crippen molar-refractivity contribution < 1.29 is 69.1 Å². The number of ether oxygens (including phenoxy) is 2. The average molecular weight is 732 g/mol. The first-order chi connectivity index (χ1) is 23.4. The Morgan fingerprint density at radius 2 is 1.64 bits per heavy atom. The lowest BCUT2D eigenvalue weighted by atomic mass is 9.45. The molecule has 4 rings (SSSR count). The molecule has 2 unspecified atom stereocenters. The monoisotopic (exact) mass is 731 g/mol. The molecule has 0 bridgehead atoms. The van der Waals surface area contributed by atoms with Gasteiger partial charge in [0.2, 0.25) is 11.7 Å². The minimum absolute atomic E-state index is 0.00285. The van der Waals surface area contributed by atoms with Gasteiger partial charge in [0.15, 0.2) is 18.0 Å². The molecule has 1 amide bonds. The molecule has 18 heteroatoms. The molecule has 4 aliphatic carbocycles. The summed E-state index contributed by atoms with van der Waals surface area (Å²) in [6, 6.07) is 0. The van der Waals surface area contributed by atoms with E-state index in [4.69, 9.17) is 41.9 Å². The number of nitrogens with zero attached hydrogens (tertiary/aromatic N) is 2. The molecule has 0 heterocycles. The first-order valence-corrected chi connectivity index (χ1v) is 16.9. The third kappa shape index (κ3) is 7.53. The molecule has 4 aliphatic rings. The third-order valence-corrected chi connectivity index (χ3v) is 12.1. The summed E-state index contributed by atoms with van der Waals surface area (Å²) >= 11 is 7.53. The van der Waals surface area contributed by atoms with E-state index in [1.807, 2.05) is 6.92 Å². The van der Waals surface area contributed by atoms with Crippen LogP contribution in [0.15, 0.2) is 23.8 Å². The van der Waals surface area contributed by atoms with Crippen LogP contribution in [0.1, 0.15) is 72.1 Å². The summed E-state index contributed by atoms with van der Waals surface area (Å²) in [6.07, 6.45) is 4.64.